The molecule has 1 unspecified atom stereocenters. The van der Waals surface area contributed by atoms with Crippen molar-refractivity contribution in [3.05, 3.63) is 48.4 Å². The lowest BCUT2D eigenvalue weighted by Gasteiger charge is -2.47. The van der Waals surface area contributed by atoms with Gasteiger partial charge in [-0.1, -0.05) is 6.92 Å². The monoisotopic (exact) mass is 490 g/mol. The second kappa shape index (κ2) is 10.5. The van der Waals surface area contributed by atoms with Crippen LogP contribution in [-0.2, 0) is 0 Å². The fourth-order valence-corrected chi connectivity index (χ4v) is 5.39. The number of hydrogen-bond acceptors (Lipinski definition) is 8. The summed E-state index contributed by atoms with van der Waals surface area (Å²) in [6, 6.07) is 7.41. The zero-order chi connectivity index (χ0) is 25.1. The number of nitrogens with one attached hydrogen (secondary N) is 2. The molecule has 0 bridgehead atoms. The first-order valence-electron chi connectivity index (χ1n) is 12.7. The van der Waals surface area contributed by atoms with Gasteiger partial charge in [-0.2, -0.15) is 0 Å². The molecule has 3 aromatic rings. The van der Waals surface area contributed by atoms with Crippen molar-refractivity contribution in [1.29, 1.82) is 0 Å². The molecule has 0 aliphatic carbocycles. The van der Waals surface area contributed by atoms with Gasteiger partial charge in [-0.25, -0.2) is 15.0 Å². The summed E-state index contributed by atoms with van der Waals surface area (Å²) in [6.45, 7) is 6.49. The number of rotatable bonds is 6. The third-order valence-electron chi connectivity index (χ3n) is 7.36. The van der Waals surface area contributed by atoms with Gasteiger partial charge in [-0.05, 0) is 43.5 Å². The van der Waals surface area contributed by atoms with Crippen LogP contribution in [0.4, 0.5) is 11.6 Å². The Bertz CT molecular complexity index is 1160. The number of likely N-dealkylation sites (tertiary alicyclic amines) is 1. The number of amides is 1. The lowest BCUT2D eigenvalue weighted by Crippen LogP contribution is -2.58. The van der Waals surface area contributed by atoms with Crippen molar-refractivity contribution in [2.75, 3.05) is 50.0 Å². The number of aromatic amines is 1. The number of carbonyl (C=O) groups excluding carboxylic acids is 1. The topological polar surface area (TPSA) is 114 Å². The summed E-state index contributed by atoms with van der Waals surface area (Å²) in [4.78, 5) is 36.7. The smallest absolute Gasteiger partial charge is 0.253 e. The molecule has 1 atom stereocenters. The fourth-order valence-electron chi connectivity index (χ4n) is 5.39. The van der Waals surface area contributed by atoms with E-state index in [1.807, 2.05) is 11.9 Å². The van der Waals surface area contributed by atoms with E-state index in [0.717, 1.165) is 63.6 Å². The van der Waals surface area contributed by atoms with Gasteiger partial charge in [0.2, 0.25) is 0 Å². The zero-order valence-corrected chi connectivity index (χ0v) is 20.9. The van der Waals surface area contributed by atoms with Gasteiger partial charge in [0.05, 0.1) is 6.20 Å². The van der Waals surface area contributed by atoms with Crippen molar-refractivity contribution in [2.45, 2.75) is 38.3 Å². The van der Waals surface area contributed by atoms with Crippen molar-refractivity contribution in [3.8, 4) is 17.3 Å². The lowest BCUT2D eigenvalue weighted by molar-refractivity contribution is 0.0491. The summed E-state index contributed by atoms with van der Waals surface area (Å²) >= 11 is 0. The van der Waals surface area contributed by atoms with Gasteiger partial charge in [0.1, 0.15) is 11.4 Å². The van der Waals surface area contributed by atoms with Gasteiger partial charge in [-0.15, -0.1) is 0 Å². The highest BCUT2D eigenvalue weighted by molar-refractivity contribution is 5.94. The number of carbonyl (C=O) groups is 1. The minimum atomic E-state index is 0.0430. The van der Waals surface area contributed by atoms with E-state index in [0.29, 0.717) is 29.2 Å². The van der Waals surface area contributed by atoms with E-state index in [9.17, 15) is 9.90 Å². The van der Waals surface area contributed by atoms with Crippen molar-refractivity contribution < 1.29 is 9.90 Å². The van der Waals surface area contributed by atoms with Crippen LogP contribution in [0.5, 0.6) is 5.75 Å². The van der Waals surface area contributed by atoms with Crippen molar-refractivity contribution in [1.82, 2.24) is 29.7 Å². The molecule has 190 valence electrons. The van der Waals surface area contributed by atoms with Gasteiger partial charge >= 0.3 is 0 Å². The number of aromatic nitrogens is 4. The van der Waals surface area contributed by atoms with E-state index in [2.05, 4.69) is 32.0 Å². The summed E-state index contributed by atoms with van der Waals surface area (Å²) in [5, 5.41) is 12.7. The molecule has 10 nitrogen and oxygen atoms in total. The highest BCUT2D eigenvalue weighted by Gasteiger charge is 2.35. The highest BCUT2D eigenvalue weighted by atomic mass is 16.3. The predicted molar refractivity (Wildman–Crippen MR) is 139 cm³/mol. The molecule has 0 spiro atoms. The first-order chi connectivity index (χ1) is 17.6. The number of piperazine rings is 1. The predicted octanol–water partition coefficient (Wildman–Crippen LogP) is 2.82. The molecule has 2 aromatic heterocycles. The first kappa shape index (κ1) is 24.1. The Hall–Kier alpha value is -3.66. The van der Waals surface area contributed by atoms with Crippen LogP contribution in [0.2, 0.25) is 0 Å². The maximum Gasteiger partial charge on any atom is 0.253 e. The van der Waals surface area contributed by atoms with Gasteiger partial charge in [0.15, 0.2) is 17.5 Å². The van der Waals surface area contributed by atoms with Crippen LogP contribution >= 0.6 is 0 Å². The van der Waals surface area contributed by atoms with Gasteiger partial charge in [0, 0.05) is 69.8 Å². The van der Waals surface area contributed by atoms with Crippen LogP contribution in [0, 0.1) is 0 Å². The van der Waals surface area contributed by atoms with Crippen LogP contribution in [-0.4, -0.2) is 92.6 Å². The molecule has 36 heavy (non-hydrogen) atoms. The van der Waals surface area contributed by atoms with E-state index in [1.165, 1.54) is 0 Å². The average molecular weight is 491 g/mol. The third-order valence-corrected chi connectivity index (χ3v) is 7.36. The maximum absolute atomic E-state index is 12.9. The van der Waals surface area contributed by atoms with Crippen LogP contribution in [0.3, 0.4) is 0 Å². The number of aromatic hydroxyl groups is 1. The minimum absolute atomic E-state index is 0.0430. The standard InChI is InChI=1S/C26H34N8O2/c1-3-19-17-33(25-24(27-2)31-22(16-30-25)23-28-10-11-29-23)14-15-34(19)20-8-12-32(13-9-20)26(36)18-4-6-21(35)7-5-18/h4-7,10-11,16,19-20,35H,3,8-9,12-15,17H2,1-2H3,(H,27,31)(H,28,29). The molecule has 2 aliphatic heterocycles. The Labute approximate surface area is 211 Å². The summed E-state index contributed by atoms with van der Waals surface area (Å²) in [7, 11) is 1.88. The second-order valence-electron chi connectivity index (χ2n) is 9.43. The van der Waals surface area contributed by atoms with Gasteiger partial charge < -0.3 is 25.2 Å². The average Bonchev–Trinajstić information content (AvgIpc) is 3.48. The number of nitrogens with zero attached hydrogens (tertiary/aromatic N) is 6. The number of phenols is 1. The fraction of sp³-hybridized carbons (Fsp3) is 0.462. The molecule has 3 N–H and O–H groups in total. The Balaban J connectivity index is 1.22. The van der Waals surface area contributed by atoms with Crippen LogP contribution < -0.4 is 10.2 Å². The molecule has 10 heteroatoms. The van der Waals surface area contributed by atoms with E-state index in [-0.39, 0.29) is 11.7 Å². The van der Waals surface area contributed by atoms with E-state index < -0.39 is 0 Å². The van der Waals surface area contributed by atoms with Crippen LogP contribution in [0.25, 0.3) is 11.5 Å². The summed E-state index contributed by atoms with van der Waals surface area (Å²) in [6.07, 6.45) is 8.27. The Morgan fingerprint density at radius 2 is 1.92 bits per heavy atom. The van der Waals surface area contributed by atoms with Gasteiger partial charge in [0.25, 0.3) is 5.91 Å². The number of phenolic OH excluding ortho intramolecular Hbond substituents is 1. The van der Waals surface area contributed by atoms with E-state index >= 15 is 0 Å². The lowest BCUT2D eigenvalue weighted by atomic mass is 9.97. The molecule has 2 saturated heterocycles. The normalized spacial score (nSPS) is 19.4. The molecule has 0 radical (unpaired) electrons. The number of piperidine rings is 1. The maximum atomic E-state index is 12.9. The first-order valence-corrected chi connectivity index (χ1v) is 12.7. The third kappa shape index (κ3) is 4.86. The van der Waals surface area contributed by atoms with Crippen LogP contribution in [0.15, 0.2) is 42.9 Å². The number of hydrogen-bond donors (Lipinski definition) is 3. The minimum Gasteiger partial charge on any atom is -0.508 e. The number of anilines is 2. The van der Waals surface area contributed by atoms with Crippen molar-refractivity contribution >= 4 is 17.5 Å². The van der Waals surface area contributed by atoms with Crippen molar-refractivity contribution in [3.63, 3.8) is 0 Å². The molecular weight excluding hydrogens is 456 g/mol. The Morgan fingerprint density at radius 1 is 1.14 bits per heavy atom. The van der Waals surface area contributed by atoms with Crippen molar-refractivity contribution in [2.24, 2.45) is 0 Å². The van der Waals surface area contributed by atoms with Gasteiger partial charge in [-0.3, -0.25) is 9.69 Å². The zero-order valence-electron chi connectivity index (χ0n) is 20.9. The molecule has 2 fully saturated rings. The Morgan fingerprint density at radius 3 is 2.58 bits per heavy atom. The number of benzene rings is 1. The van der Waals surface area contributed by atoms with E-state index in [4.69, 9.17) is 9.97 Å². The van der Waals surface area contributed by atoms with Crippen LogP contribution in [0.1, 0.15) is 36.5 Å². The molecule has 0 saturated carbocycles. The number of H-pyrrole nitrogens is 1. The SMILES string of the molecule is CCC1CN(c2ncc(-c3ncc[nH]3)nc2NC)CCN1C1CCN(C(=O)c2ccc(O)cc2)CC1. The Kier molecular flexibility index (Phi) is 7.04. The summed E-state index contributed by atoms with van der Waals surface area (Å²) in [5.74, 6) is 2.56. The summed E-state index contributed by atoms with van der Waals surface area (Å²) in [5.41, 5.74) is 1.35. The molecular formula is C26H34N8O2. The quantitative estimate of drug-likeness (QED) is 0.483. The molecule has 1 aromatic carbocycles. The molecule has 2 aliphatic rings. The largest absolute Gasteiger partial charge is 0.508 e. The molecule has 1 amide bonds. The van der Waals surface area contributed by atoms with E-state index in [1.54, 1.807) is 42.9 Å². The second-order valence-corrected chi connectivity index (χ2v) is 9.43. The number of imidazole rings is 1. The molecule has 5 rings (SSSR count). The molecule has 4 heterocycles. The highest BCUT2D eigenvalue weighted by Crippen LogP contribution is 2.29. The summed E-state index contributed by atoms with van der Waals surface area (Å²) < 4.78 is 0.